The van der Waals surface area contributed by atoms with Crippen molar-refractivity contribution in [2.75, 3.05) is 53.2 Å². The van der Waals surface area contributed by atoms with Crippen LogP contribution < -0.4 is 0 Å². The van der Waals surface area contributed by atoms with E-state index >= 15 is 0 Å². The maximum Gasteiger partial charge on any atom is 0.293 e. The van der Waals surface area contributed by atoms with Gasteiger partial charge in [0.15, 0.2) is 0 Å². The van der Waals surface area contributed by atoms with Crippen molar-refractivity contribution >= 4 is 19.2 Å². The van der Waals surface area contributed by atoms with E-state index in [-0.39, 0.29) is 6.47 Å². The van der Waals surface area contributed by atoms with Crippen LogP contribution in [-0.2, 0) is 28.6 Å². The number of carbonyl (C=O) groups is 3. The molecule has 1 rings (SSSR count). The van der Waals surface area contributed by atoms with Gasteiger partial charge in [0.2, 0.25) is 0 Å². The third kappa shape index (κ3) is 56.6. The fraction of sp³-hybridized carbons (Fsp3) is 0.945. The number of hydrogen-bond donors (Lipinski definition) is 1. The lowest BCUT2D eigenvalue weighted by Gasteiger charge is -2.27. The van der Waals surface area contributed by atoms with Gasteiger partial charge in [-0.15, -0.1) is 0 Å². The molecule has 0 amide bonds. The van der Waals surface area contributed by atoms with Crippen molar-refractivity contribution in [2.45, 2.75) is 266 Å². The minimum atomic E-state index is -0.250. The Kier molecular flexibility index (Phi) is 63.1. The van der Waals surface area contributed by atoms with E-state index in [0.717, 1.165) is 76.2 Å². The van der Waals surface area contributed by atoms with Crippen LogP contribution in [0.3, 0.4) is 0 Å². The molecule has 378 valence electrons. The zero-order chi connectivity index (χ0) is 47.0. The summed E-state index contributed by atoms with van der Waals surface area (Å²) in [7, 11) is 1.81. The molecule has 8 nitrogen and oxygen atoms in total. The van der Waals surface area contributed by atoms with Gasteiger partial charge in [-0.3, -0.25) is 14.5 Å². The molecule has 0 aromatic rings. The largest absolute Gasteiger partial charge is 0.483 e. The van der Waals surface area contributed by atoms with E-state index in [4.69, 9.17) is 24.1 Å². The fourth-order valence-corrected chi connectivity index (χ4v) is 8.78. The molecule has 63 heavy (non-hydrogen) atoms. The van der Waals surface area contributed by atoms with Crippen LogP contribution in [0.4, 0.5) is 0 Å². The predicted molar refractivity (Wildman–Crippen MR) is 271 cm³/mol. The number of nitrogens with zero attached hydrogens (tertiary/aromatic N) is 1. The van der Waals surface area contributed by atoms with E-state index in [0.29, 0.717) is 13.1 Å². The Bertz CT molecular complexity index is 820. The van der Waals surface area contributed by atoms with Crippen LogP contribution >= 0.6 is 0 Å². The van der Waals surface area contributed by atoms with Crippen molar-refractivity contribution in [3.63, 3.8) is 0 Å². The average Bonchev–Trinajstić information content (AvgIpc) is 3.29. The van der Waals surface area contributed by atoms with E-state index in [1.807, 2.05) is 7.11 Å². The molecule has 0 saturated carbocycles. The van der Waals surface area contributed by atoms with Gasteiger partial charge in [0.1, 0.15) is 6.29 Å². The summed E-state index contributed by atoms with van der Waals surface area (Å²) in [5.41, 5.74) is 0. The lowest BCUT2D eigenvalue weighted by molar-refractivity contribution is -0.129. The number of hydrogen-bond acceptors (Lipinski definition) is 7. The number of carboxylic acid groups (broad SMARTS) is 1. The summed E-state index contributed by atoms with van der Waals surface area (Å²) < 4.78 is 15.5. The van der Waals surface area contributed by atoms with Crippen LogP contribution in [0.15, 0.2) is 0 Å². The highest BCUT2D eigenvalue weighted by molar-refractivity contribution is 5.48. The number of carbonyl (C=O) groups excluding carboxylic acids is 2. The van der Waals surface area contributed by atoms with Gasteiger partial charge in [0, 0.05) is 33.2 Å². The summed E-state index contributed by atoms with van der Waals surface area (Å²) in [6.45, 7) is 18.6. The number of aldehydes is 1. The molecule has 0 radical (unpaired) electrons. The molecule has 0 aliphatic carbocycles. The Morgan fingerprint density at radius 2 is 0.810 bits per heavy atom. The molecule has 1 N–H and O–H groups in total. The summed E-state index contributed by atoms with van der Waals surface area (Å²) in [4.78, 5) is 31.4. The number of rotatable bonds is 44. The topological polar surface area (TPSA) is 102 Å². The standard InChI is InChI=1S/C26H51NO2.C14H28O2.C14H30O.CH2O2/c1-2-3-4-5-7-10-13-17-26(18-14-11-8-6-9-12-15-23-28)19-16-20-27-21-24-29-25-22-27;1-3-5-7-9-14(10-8-6-4-2)11-12-16-13-15;1-4-6-8-10-14(12-13-15-3)11-9-7-5-2;2-1-3/h23,26H,2-22,24-25H2,1H3;13-14H,3-12H2,1-2H3;14H,4-13H2,1-3H3;1H,(H,2,3). The van der Waals surface area contributed by atoms with Crippen LogP contribution in [0.1, 0.15) is 266 Å². The minimum absolute atomic E-state index is 0.250. The summed E-state index contributed by atoms with van der Waals surface area (Å²) in [5.74, 6) is 2.63. The molecule has 1 atom stereocenters. The second-order valence-electron chi connectivity index (χ2n) is 18.6. The minimum Gasteiger partial charge on any atom is -0.483 e. The maximum atomic E-state index is 10.4. The third-order valence-corrected chi connectivity index (χ3v) is 12.9. The van der Waals surface area contributed by atoms with Crippen LogP contribution in [0, 0.1) is 17.8 Å². The van der Waals surface area contributed by atoms with Crippen molar-refractivity contribution in [1.29, 1.82) is 0 Å². The van der Waals surface area contributed by atoms with Crippen molar-refractivity contribution in [1.82, 2.24) is 4.90 Å². The zero-order valence-electron chi connectivity index (χ0n) is 43.2. The molecular weight excluding hydrogens is 787 g/mol. The number of ether oxygens (including phenoxy) is 3. The summed E-state index contributed by atoms with van der Waals surface area (Å²) in [6.07, 6.45) is 49.2. The maximum absolute atomic E-state index is 10.4. The summed E-state index contributed by atoms with van der Waals surface area (Å²) >= 11 is 0. The fourth-order valence-electron chi connectivity index (χ4n) is 8.78. The van der Waals surface area contributed by atoms with E-state index < -0.39 is 0 Å². The Hall–Kier alpha value is -1.51. The van der Waals surface area contributed by atoms with Gasteiger partial charge in [-0.1, -0.05) is 227 Å². The molecule has 1 saturated heterocycles. The molecule has 0 aromatic heterocycles. The van der Waals surface area contributed by atoms with Crippen molar-refractivity contribution in [3.05, 3.63) is 0 Å². The highest BCUT2D eigenvalue weighted by Crippen LogP contribution is 2.25. The SMILES string of the molecule is CCCCCC(CCCCC)CCOC.CCCCCC(CCCCC)CCOC=O.CCCCCCCCCC(CCCCCCCCC=O)CCCN1CCOCC1.O=CO. The van der Waals surface area contributed by atoms with E-state index in [1.54, 1.807) is 0 Å². The van der Waals surface area contributed by atoms with Crippen molar-refractivity contribution in [2.24, 2.45) is 17.8 Å². The van der Waals surface area contributed by atoms with Gasteiger partial charge >= 0.3 is 0 Å². The Morgan fingerprint density at radius 3 is 1.21 bits per heavy atom. The van der Waals surface area contributed by atoms with Crippen molar-refractivity contribution < 1.29 is 33.7 Å². The second kappa shape index (κ2) is 60.5. The van der Waals surface area contributed by atoms with E-state index in [1.165, 1.54) is 218 Å². The molecule has 1 aliphatic rings. The van der Waals surface area contributed by atoms with Crippen LogP contribution in [0.5, 0.6) is 0 Å². The Balaban J connectivity index is -0.000000898. The van der Waals surface area contributed by atoms with Gasteiger partial charge in [0.25, 0.3) is 12.9 Å². The molecule has 0 spiro atoms. The number of morpholine rings is 1. The van der Waals surface area contributed by atoms with E-state index in [9.17, 15) is 9.59 Å². The van der Waals surface area contributed by atoms with E-state index in [2.05, 4.69) is 39.5 Å². The summed E-state index contributed by atoms with van der Waals surface area (Å²) in [6, 6.07) is 0. The lowest BCUT2D eigenvalue weighted by Crippen LogP contribution is -2.36. The zero-order valence-corrected chi connectivity index (χ0v) is 43.2. The third-order valence-electron chi connectivity index (χ3n) is 12.9. The summed E-state index contributed by atoms with van der Waals surface area (Å²) in [5, 5.41) is 6.89. The first-order valence-corrected chi connectivity index (χ1v) is 27.3. The first-order chi connectivity index (χ1) is 31.0. The Morgan fingerprint density at radius 1 is 0.476 bits per heavy atom. The molecule has 8 heteroatoms. The molecule has 0 aromatic carbocycles. The van der Waals surface area contributed by atoms with Gasteiger partial charge in [-0.25, -0.2) is 0 Å². The van der Waals surface area contributed by atoms with Crippen molar-refractivity contribution in [3.8, 4) is 0 Å². The Labute approximate surface area is 393 Å². The molecule has 0 bridgehead atoms. The van der Waals surface area contributed by atoms with Gasteiger partial charge in [-0.2, -0.15) is 0 Å². The lowest BCUT2D eigenvalue weighted by atomic mass is 9.90. The number of methoxy groups -OCH3 is 1. The number of unbranched alkanes of at least 4 members (excludes halogenated alkanes) is 20. The highest BCUT2D eigenvalue weighted by Gasteiger charge is 2.13. The molecule has 1 fully saturated rings. The molecular formula is C55H111NO7. The monoisotopic (exact) mass is 898 g/mol. The normalized spacial score (nSPS) is 13.0. The molecule has 1 aliphatic heterocycles. The van der Waals surface area contributed by atoms with Gasteiger partial charge in [0.05, 0.1) is 19.8 Å². The van der Waals surface area contributed by atoms with Crippen LogP contribution in [0.25, 0.3) is 0 Å². The van der Waals surface area contributed by atoms with Crippen LogP contribution in [0.2, 0.25) is 0 Å². The average molecular weight is 898 g/mol. The smallest absolute Gasteiger partial charge is 0.293 e. The first-order valence-electron chi connectivity index (χ1n) is 27.3. The van der Waals surface area contributed by atoms with Crippen LogP contribution in [-0.4, -0.2) is 82.4 Å². The predicted octanol–water partition coefficient (Wildman–Crippen LogP) is 16.0. The molecule has 1 heterocycles. The highest BCUT2D eigenvalue weighted by atomic mass is 16.5. The molecule has 1 unspecified atom stereocenters. The first kappa shape index (κ1) is 65.8. The van der Waals surface area contributed by atoms with Gasteiger partial charge < -0.3 is 24.1 Å². The quantitative estimate of drug-likeness (QED) is 0.0477. The second-order valence-corrected chi connectivity index (χ2v) is 18.6. The van der Waals surface area contributed by atoms with Gasteiger partial charge in [-0.05, 0) is 56.4 Å².